The van der Waals surface area contributed by atoms with Crippen LogP contribution in [0.5, 0.6) is 0 Å². The highest BCUT2D eigenvalue weighted by Crippen LogP contribution is 2.42. The zero-order chi connectivity index (χ0) is 19.3. The van der Waals surface area contributed by atoms with Gasteiger partial charge in [-0.25, -0.2) is 4.39 Å². The largest absolute Gasteiger partial charge is 0.455 e. The number of hydrogen-bond donors (Lipinski definition) is 1. The maximum Gasteiger partial charge on any atom is 0.317 e. The Bertz CT molecular complexity index is 783. The van der Waals surface area contributed by atoms with E-state index in [0.29, 0.717) is 12.8 Å². The van der Waals surface area contributed by atoms with E-state index in [1.165, 1.54) is 12.1 Å². The quantitative estimate of drug-likeness (QED) is 0.782. The van der Waals surface area contributed by atoms with Crippen molar-refractivity contribution in [3.8, 4) is 0 Å². The topological polar surface area (TPSA) is 55.4 Å². The summed E-state index contributed by atoms with van der Waals surface area (Å²) in [5, 5.41) is 2.84. The van der Waals surface area contributed by atoms with Gasteiger partial charge in [0.15, 0.2) is 6.61 Å². The smallest absolute Gasteiger partial charge is 0.317 e. The van der Waals surface area contributed by atoms with Gasteiger partial charge in [-0.05, 0) is 43.0 Å². The molecule has 0 bridgehead atoms. The van der Waals surface area contributed by atoms with E-state index in [1.807, 2.05) is 37.3 Å². The highest BCUT2D eigenvalue weighted by Gasteiger charge is 2.44. The van der Waals surface area contributed by atoms with Crippen LogP contribution in [0.3, 0.4) is 0 Å². The Morgan fingerprint density at radius 3 is 2.33 bits per heavy atom. The van der Waals surface area contributed by atoms with Crippen LogP contribution in [-0.4, -0.2) is 18.5 Å². The minimum atomic E-state index is -0.779. The predicted octanol–water partition coefficient (Wildman–Crippen LogP) is 4.06. The van der Waals surface area contributed by atoms with Crippen molar-refractivity contribution in [2.75, 3.05) is 6.61 Å². The zero-order valence-electron chi connectivity index (χ0n) is 15.4. The Balaban J connectivity index is 1.61. The zero-order valence-corrected chi connectivity index (χ0v) is 15.4. The van der Waals surface area contributed by atoms with E-state index in [4.69, 9.17) is 4.74 Å². The maximum atomic E-state index is 13.2. The van der Waals surface area contributed by atoms with E-state index in [2.05, 4.69) is 5.32 Å². The van der Waals surface area contributed by atoms with Crippen LogP contribution in [0.25, 0.3) is 0 Å². The Labute approximate surface area is 158 Å². The van der Waals surface area contributed by atoms with Crippen molar-refractivity contribution in [2.45, 2.75) is 44.1 Å². The molecule has 1 saturated carbocycles. The highest BCUT2D eigenvalue weighted by atomic mass is 19.1. The molecule has 0 saturated heterocycles. The molecule has 4 nitrogen and oxygen atoms in total. The van der Waals surface area contributed by atoms with Crippen LogP contribution >= 0.6 is 0 Å². The van der Waals surface area contributed by atoms with E-state index in [-0.39, 0.29) is 24.4 Å². The first-order valence-electron chi connectivity index (χ1n) is 9.29. The second kappa shape index (κ2) is 8.33. The molecule has 142 valence electrons. The Morgan fingerprint density at radius 1 is 1.07 bits per heavy atom. The molecule has 1 atom stereocenters. The van der Waals surface area contributed by atoms with Gasteiger partial charge in [0.1, 0.15) is 5.82 Å². The normalized spacial score (nSPS) is 16.5. The number of carbonyl (C=O) groups excluding carboxylic acids is 2. The molecule has 1 aliphatic rings. The van der Waals surface area contributed by atoms with Gasteiger partial charge in [-0.15, -0.1) is 0 Å². The third kappa shape index (κ3) is 4.35. The Hall–Kier alpha value is -2.69. The first-order valence-corrected chi connectivity index (χ1v) is 9.29. The number of ether oxygens (including phenoxy) is 1. The van der Waals surface area contributed by atoms with Crippen LogP contribution in [0.1, 0.15) is 49.8 Å². The first-order chi connectivity index (χ1) is 13.0. The molecule has 1 amide bonds. The molecule has 2 aromatic carbocycles. The Morgan fingerprint density at radius 2 is 1.70 bits per heavy atom. The summed E-state index contributed by atoms with van der Waals surface area (Å²) in [5.41, 5.74) is 0.958. The molecule has 1 N–H and O–H groups in total. The van der Waals surface area contributed by atoms with Gasteiger partial charge in [0.05, 0.1) is 11.5 Å². The lowest BCUT2D eigenvalue weighted by molar-refractivity contribution is -0.154. The average molecular weight is 369 g/mol. The van der Waals surface area contributed by atoms with E-state index in [1.54, 1.807) is 12.1 Å². The van der Waals surface area contributed by atoms with Crippen molar-refractivity contribution in [1.82, 2.24) is 5.32 Å². The number of hydrogen-bond acceptors (Lipinski definition) is 3. The molecule has 0 aliphatic heterocycles. The van der Waals surface area contributed by atoms with Gasteiger partial charge in [-0.3, -0.25) is 9.59 Å². The van der Waals surface area contributed by atoms with E-state index in [0.717, 1.165) is 24.0 Å². The molecule has 0 spiro atoms. The van der Waals surface area contributed by atoms with Gasteiger partial charge in [-0.2, -0.15) is 0 Å². The summed E-state index contributed by atoms with van der Waals surface area (Å²) < 4.78 is 18.6. The number of halogens is 1. The van der Waals surface area contributed by atoms with Crippen LogP contribution in [0, 0.1) is 5.82 Å². The van der Waals surface area contributed by atoms with Gasteiger partial charge >= 0.3 is 5.97 Å². The summed E-state index contributed by atoms with van der Waals surface area (Å²) >= 11 is 0. The Kier molecular flexibility index (Phi) is 5.89. The van der Waals surface area contributed by atoms with Crippen LogP contribution in [0.2, 0.25) is 0 Å². The maximum absolute atomic E-state index is 13.2. The summed E-state index contributed by atoms with van der Waals surface area (Å²) in [4.78, 5) is 25.0. The summed E-state index contributed by atoms with van der Waals surface area (Å²) in [6, 6.07) is 15.4. The van der Waals surface area contributed by atoms with Gasteiger partial charge in [0, 0.05) is 0 Å². The minimum Gasteiger partial charge on any atom is -0.455 e. The highest BCUT2D eigenvalue weighted by molar-refractivity contribution is 5.86. The number of benzene rings is 2. The molecule has 1 aliphatic carbocycles. The summed E-state index contributed by atoms with van der Waals surface area (Å²) in [6.07, 6.45) is 3.12. The number of carbonyl (C=O) groups is 2. The van der Waals surface area contributed by atoms with E-state index in [9.17, 15) is 14.0 Å². The molecule has 1 fully saturated rings. The van der Waals surface area contributed by atoms with Crippen molar-refractivity contribution in [1.29, 1.82) is 0 Å². The molecule has 5 heteroatoms. The molecule has 27 heavy (non-hydrogen) atoms. The van der Waals surface area contributed by atoms with Crippen molar-refractivity contribution in [3.05, 3.63) is 71.5 Å². The SMILES string of the molecule is C[C@H](NC(=O)COC(=O)C1(c2ccc(F)cc2)CCCC1)c1ccccc1. The monoisotopic (exact) mass is 369 g/mol. The van der Waals surface area contributed by atoms with Crippen molar-refractivity contribution in [2.24, 2.45) is 0 Å². The second-order valence-corrected chi connectivity index (χ2v) is 7.07. The minimum absolute atomic E-state index is 0.171. The third-order valence-electron chi connectivity index (χ3n) is 5.26. The van der Waals surface area contributed by atoms with Gasteiger partial charge in [0.2, 0.25) is 0 Å². The van der Waals surface area contributed by atoms with Crippen LogP contribution in [0.4, 0.5) is 4.39 Å². The van der Waals surface area contributed by atoms with Gasteiger partial charge < -0.3 is 10.1 Å². The van der Waals surface area contributed by atoms with Crippen LogP contribution in [-0.2, 0) is 19.7 Å². The lowest BCUT2D eigenvalue weighted by Crippen LogP contribution is -2.38. The fourth-order valence-electron chi connectivity index (χ4n) is 3.74. The lowest BCUT2D eigenvalue weighted by atomic mass is 9.79. The number of rotatable bonds is 6. The molecular formula is C22H24FNO3. The first kappa shape index (κ1) is 19.1. The standard InChI is InChI=1S/C22H24FNO3/c1-16(17-7-3-2-4-8-17)24-20(25)15-27-21(26)22(13-5-6-14-22)18-9-11-19(23)12-10-18/h2-4,7-12,16H,5-6,13-15H2,1H3,(H,24,25)/t16-/m0/s1. The number of amides is 1. The molecule has 0 unspecified atom stereocenters. The van der Waals surface area contributed by atoms with E-state index < -0.39 is 11.4 Å². The average Bonchev–Trinajstić information content (AvgIpc) is 3.18. The molecule has 3 rings (SSSR count). The third-order valence-corrected chi connectivity index (χ3v) is 5.26. The second-order valence-electron chi connectivity index (χ2n) is 7.07. The molecule has 0 heterocycles. The van der Waals surface area contributed by atoms with Crippen molar-refractivity contribution >= 4 is 11.9 Å². The van der Waals surface area contributed by atoms with Gasteiger partial charge in [-0.1, -0.05) is 55.3 Å². The number of esters is 1. The summed E-state index contributed by atoms with van der Waals surface area (Å²) in [6.45, 7) is 1.56. The molecule has 0 radical (unpaired) electrons. The molecule has 0 aromatic heterocycles. The van der Waals surface area contributed by atoms with Crippen LogP contribution < -0.4 is 5.32 Å². The van der Waals surface area contributed by atoms with Crippen molar-refractivity contribution in [3.63, 3.8) is 0 Å². The fraction of sp³-hybridized carbons (Fsp3) is 0.364. The van der Waals surface area contributed by atoms with E-state index >= 15 is 0 Å². The lowest BCUT2D eigenvalue weighted by Gasteiger charge is -2.27. The fourth-order valence-corrected chi connectivity index (χ4v) is 3.74. The van der Waals surface area contributed by atoms with Gasteiger partial charge in [0.25, 0.3) is 5.91 Å². The molecule has 2 aromatic rings. The van der Waals surface area contributed by atoms with Crippen LogP contribution in [0.15, 0.2) is 54.6 Å². The predicted molar refractivity (Wildman–Crippen MR) is 101 cm³/mol. The summed E-state index contributed by atoms with van der Waals surface area (Å²) in [7, 11) is 0. The molecular weight excluding hydrogens is 345 g/mol. The number of nitrogens with one attached hydrogen (secondary N) is 1. The van der Waals surface area contributed by atoms with Crippen molar-refractivity contribution < 1.29 is 18.7 Å². The summed E-state index contributed by atoms with van der Waals surface area (Å²) in [5.74, 6) is -1.09.